The Hall–Kier alpha value is -0.650. The Kier molecular flexibility index (Phi) is 3.65. The van der Waals surface area contributed by atoms with Gasteiger partial charge in [-0.25, -0.2) is 0 Å². The summed E-state index contributed by atoms with van der Waals surface area (Å²) in [6.07, 6.45) is -1.23. The van der Waals surface area contributed by atoms with Crippen molar-refractivity contribution in [3.05, 3.63) is 0 Å². The van der Waals surface area contributed by atoms with Crippen LogP contribution >= 0.6 is 0 Å². The number of aliphatic hydroxyl groups is 2. The van der Waals surface area contributed by atoms with Crippen molar-refractivity contribution in [2.75, 3.05) is 6.61 Å². The molecule has 13 heavy (non-hydrogen) atoms. The molecule has 1 aliphatic rings. The Morgan fingerprint density at radius 2 is 2.23 bits per heavy atom. The lowest BCUT2D eigenvalue weighted by Crippen LogP contribution is -2.40. The maximum absolute atomic E-state index is 10.4. The predicted octanol–water partition coefficient (Wildman–Crippen LogP) is -0.592. The zero-order valence-corrected chi connectivity index (χ0v) is 7.47. The number of esters is 1. The summed E-state index contributed by atoms with van der Waals surface area (Å²) < 4.78 is 9.69. The van der Waals surface area contributed by atoms with Gasteiger partial charge in [0, 0.05) is 6.92 Å². The fourth-order valence-electron chi connectivity index (χ4n) is 1.19. The normalized spacial score (nSPS) is 34.2. The maximum atomic E-state index is 10.4. The molecule has 2 N–H and O–H groups in total. The van der Waals surface area contributed by atoms with E-state index in [2.05, 4.69) is 0 Å². The van der Waals surface area contributed by atoms with Crippen molar-refractivity contribution in [3.8, 4) is 0 Å². The molecule has 0 bridgehead atoms. The molecule has 0 radical (unpaired) electrons. The van der Waals surface area contributed by atoms with Gasteiger partial charge in [0.2, 0.25) is 0 Å². The van der Waals surface area contributed by atoms with Crippen molar-refractivity contribution in [1.82, 2.24) is 0 Å². The Morgan fingerprint density at radius 1 is 1.54 bits per heavy atom. The Morgan fingerprint density at radius 3 is 2.77 bits per heavy atom. The summed E-state index contributed by atoms with van der Waals surface area (Å²) in [5, 5.41) is 18.2. The van der Waals surface area contributed by atoms with Crippen molar-refractivity contribution in [2.45, 2.75) is 38.3 Å². The third-order valence-corrected chi connectivity index (χ3v) is 1.92. The zero-order valence-electron chi connectivity index (χ0n) is 7.47. The van der Waals surface area contributed by atoms with Crippen molar-refractivity contribution in [2.24, 2.45) is 0 Å². The summed E-state index contributed by atoms with van der Waals surface area (Å²) in [5.41, 5.74) is 0. The number of hydrogen-bond donors (Lipinski definition) is 2. The van der Waals surface area contributed by atoms with Gasteiger partial charge in [0.05, 0.1) is 6.10 Å². The van der Waals surface area contributed by atoms with Gasteiger partial charge in [-0.1, -0.05) is 0 Å². The molecule has 0 aromatic carbocycles. The van der Waals surface area contributed by atoms with E-state index in [0.717, 1.165) is 0 Å². The van der Waals surface area contributed by atoms with Crippen LogP contribution in [0.25, 0.3) is 0 Å². The van der Waals surface area contributed by atoms with Gasteiger partial charge in [0.1, 0.15) is 12.7 Å². The van der Waals surface area contributed by atoms with E-state index in [9.17, 15) is 4.79 Å². The van der Waals surface area contributed by atoms with Crippen molar-refractivity contribution in [3.63, 3.8) is 0 Å². The van der Waals surface area contributed by atoms with Crippen LogP contribution in [-0.2, 0) is 14.3 Å². The largest absolute Gasteiger partial charge is 0.463 e. The molecule has 0 saturated carbocycles. The Balaban J connectivity index is 2.25. The second kappa shape index (κ2) is 4.55. The number of carbonyl (C=O) groups excluding carboxylic acids is 1. The lowest BCUT2D eigenvalue weighted by Gasteiger charge is -2.29. The highest BCUT2D eigenvalue weighted by Gasteiger charge is 2.28. The molecule has 0 aromatic rings. The number of carbonyl (C=O) groups is 1. The van der Waals surface area contributed by atoms with Crippen molar-refractivity contribution < 1.29 is 24.5 Å². The molecular weight excluding hydrogens is 176 g/mol. The highest BCUT2D eigenvalue weighted by Crippen LogP contribution is 2.18. The first-order chi connectivity index (χ1) is 6.09. The Bertz CT molecular complexity index is 181. The average Bonchev–Trinajstić information content (AvgIpc) is 2.07. The monoisotopic (exact) mass is 190 g/mol. The summed E-state index contributed by atoms with van der Waals surface area (Å²) in [7, 11) is 0. The number of aliphatic hydroxyl groups excluding tert-OH is 2. The van der Waals surface area contributed by atoms with Crippen LogP contribution in [0.5, 0.6) is 0 Å². The first-order valence-electron chi connectivity index (χ1n) is 4.24. The fourth-order valence-corrected chi connectivity index (χ4v) is 1.19. The van der Waals surface area contributed by atoms with E-state index in [1.54, 1.807) is 0 Å². The van der Waals surface area contributed by atoms with E-state index in [0.29, 0.717) is 12.8 Å². The van der Waals surface area contributed by atoms with Crippen molar-refractivity contribution >= 4 is 5.97 Å². The topological polar surface area (TPSA) is 76.0 Å². The second-order valence-corrected chi connectivity index (χ2v) is 3.10. The van der Waals surface area contributed by atoms with Gasteiger partial charge >= 0.3 is 5.97 Å². The van der Waals surface area contributed by atoms with Crippen LogP contribution in [0.4, 0.5) is 0 Å². The van der Waals surface area contributed by atoms with E-state index in [1.807, 2.05) is 0 Å². The van der Waals surface area contributed by atoms with E-state index in [4.69, 9.17) is 19.7 Å². The molecule has 1 fully saturated rings. The second-order valence-electron chi connectivity index (χ2n) is 3.10. The van der Waals surface area contributed by atoms with Crippen LogP contribution in [0, 0.1) is 0 Å². The fraction of sp³-hybridized carbons (Fsp3) is 0.875. The number of ether oxygens (including phenoxy) is 2. The third-order valence-electron chi connectivity index (χ3n) is 1.92. The summed E-state index contributed by atoms with van der Waals surface area (Å²) >= 11 is 0. The summed E-state index contributed by atoms with van der Waals surface area (Å²) in [4.78, 5) is 10.4. The van der Waals surface area contributed by atoms with Crippen LogP contribution in [0.15, 0.2) is 0 Å². The highest BCUT2D eigenvalue weighted by molar-refractivity contribution is 5.65. The smallest absolute Gasteiger partial charge is 0.302 e. The molecule has 0 aliphatic carbocycles. The highest BCUT2D eigenvalue weighted by atomic mass is 16.6. The van der Waals surface area contributed by atoms with Gasteiger partial charge in [-0.15, -0.1) is 0 Å². The standard InChI is InChI=1S/C8H14O5/c1-5(9)12-4-6-2-3-7(10)8(11)13-6/h6-8,10-11H,2-4H2,1H3/t6-,7+,8-/m0/s1. The number of rotatable bonds is 2. The SMILES string of the molecule is CC(=O)OC[C@@H]1CC[C@@H](O)[C@@H](O)O1. The third kappa shape index (κ3) is 3.30. The van der Waals surface area contributed by atoms with E-state index < -0.39 is 12.4 Å². The lowest BCUT2D eigenvalue weighted by molar-refractivity contribution is -0.224. The van der Waals surface area contributed by atoms with Gasteiger partial charge in [-0.05, 0) is 12.8 Å². The molecule has 1 heterocycles. The minimum atomic E-state index is -1.16. The molecule has 76 valence electrons. The van der Waals surface area contributed by atoms with E-state index in [1.165, 1.54) is 6.92 Å². The zero-order chi connectivity index (χ0) is 9.84. The first-order valence-corrected chi connectivity index (χ1v) is 4.24. The van der Waals surface area contributed by atoms with E-state index >= 15 is 0 Å². The van der Waals surface area contributed by atoms with Crippen LogP contribution in [-0.4, -0.2) is 41.3 Å². The molecule has 5 nitrogen and oxygen atoms in total. The molecular formula is C8H14O5. The molecule has 3 atom stereocenters. The predicted molar refractivity (Wildman–Crippen MR) is 42.8 cm³/mol. The minimum Gasteiger partial charge on any atom is -0.463 e. The van der Waals surface area contributed by atoms with Crippen LogP contribution in [0.2, 0.25) is 0 Å². The lowest BCUT2D eigenvalue weighted by atomic mass is 10.1. The quantitative estimate of drug-likeness (QED) is 0.569. The minimum absolute atomic E-state index is 0.138. The van der Waals surface area contributed by atoms with Crippen LogP contribution < -0.4 is 0 Å². The molecule has 1 rings (SSSR count). The van der Waals surface area contributed by atoms with Crippen molar-refractivity contribution in [1.29, 1.82) is 0 Å². The molecule has 0 amide bonds. The molecule has 0 unspecified atom stereocenters. The van der Waals surface area contributed by atoms with Crippen LogP contribution in [0.3, 0.4) is 0 Å². The molecule has 0 spiro atoms. The molecule has 5 heteroatoms. The van der Waals surface area contributed by atoms with Crippen LogP contribution in [0.1, 0.15) is 19.8 Å². The van der Waals surface area contributed by atoms with Gasteiger partial charge in [-0.3, -0.25) is 4.79 Å². The first kappa shape index (κ1) is 10.4. The average molecular weight is 190 g/mol. The van der Waals surface area contributed by atoms with Gasteiger partial charge in [0.25, 0.3) is 0 Å². The van der Waals surface area contributed by atoms with Gasteiger partial charge < -0.3 is 19.7 Å². The molecule has 1 aliphatic heterocycles. The number of hydrogen-bond acceptors (Lipinski definition) is 5. The summed E-state index contributed by atoms with van der Waals surface area (Å²) in [6, 6.07) is 0. The Labute approximate surface area is 76.3 Å². The maximum Gasteiger partial charge on any atom is 0.302 e. The summed E-state index contributed by atoms with van der Waals surface area (Å²) in [6.45, 7) is 1.45. The summed E-state index contributed by atoms with van der Waals surface area (Å²) in [5.74, 6) is -0.371. The molecule has 1 saturated heterocycles. The van der Waals surface area contributed by atoms with Gasteiger partial charge in [-0.2, -0.15) is 0 Å². The molecule has 0 aromatic heterocycles. The van der Waals surface area contributed by atoms with Gasteiger partial charge in [0.15, 0.2) is 6.29 Å². The van der Waals surface area contributed by atoms with E-state index in [-0.39, 0.29) is 18.7 Å².